The molecule has 0 radical (unpaired) electrons. The normalized spacial score (nSPS) is 39.9. The second kappa shape index (κ2) is 6.33. The van der Waals surface area contributed by atoms with E-state index in [0.29, 0.717) is 24.8 Å². The number of hydrogen-bond donors (Lipinski definition) is 2. The highest BCUT2D eigenvalue weighted by atomic mass is 16.3. The number of rotatable bonds is 0. The molecule has 0 amide bonds. The number of carbonyl (C=O) groups is 2. The molecule has 0 aromatic carbocycles. The highest BCUT2D eigenvalue weighted by molar-refractivity contribution is 6.02. The summed E-state index contributed by atoms with van der Waals surface area (Å²) in [5.74, 6) is -0.931. The Kier molecular flexibility index (Phi) is 4.97. The Morgan fingerprint density at radius 1 is 1.26 bits per heavy atom. The molecule has 128 valence electrons. The van der Waals surface area contributed by atoms with Crippen molar-refractivity contribution < 1.29 is 19.8 Å². The van der Waals surface area contributed by atoms with Crippen LogP contribution in [0.5, 0.6) is 0 Å². The van der Waals surface area contributed by atoms with Crippen LogP contribution < -0.4 is 0 Å². The van der Waals surface area contributed by atoms with Gasteiger partial charge in [-0.05, 0) is 37.7 Å². The Labute approximate surface area is 138 Å². The van der Waals surface area contributed by atoms with E-state index < -0.39 is 23.0 Å². The molecule has 4 heteroatoms. The Morgan fingerprint density at radius 3 is 2.57 bits per heavy atom. The van der Waals surface area contributed by atoms with Crippen molar-refractivity contribution >= 4 is 11.6 Å². The lowest BCUT2D eigenvalue weighted by Crippen LogP contribution is -2.44. The molecule has 1 saturated carbocycles. The molecular weight excluding hydrogens is 292 g/mol. The van der Waals surface area contributed by atoms with Crippen molar-refractivity contribution in [2.24, 2.45) is 17.3 Å². The molecule has 4 atom stereocenters. The number of hydrogen-bond acceptors (Lipinski definition) is 4. The molecule has 0 bridgehead atoms. The van der Waals surface area contributed by atoms with E-state index in [1.54, 1.807) is 19.1 Å². The lowest BCUT2D eigenvalue weighted by atomic mass is 9.78. The number of carbonyl (C=O) groups excluding carboxylic acids is 2. The van der Waals surface area contributed by atoms with E-state index >= 15 is 0 Å². The van der Waals surface area contributed by atoms with E-state index in [4.69, 9.17) is 0 Å². The SMILES string of the molecule is CC1=CCC(C)(C)C(=O)CC/C=C/[C@H]2[C@@H](O)[C@@H](C)C[C@]2(O)C1=O. The molecule has 0 aliphatic heterocycles. The second-order valence-electron chi connectivity index (χ2n) is 7.82. The first-order valence-corrected chi connectivity index (χ1v) is 8.41. The van der Waals surface area contributed by atoms with Crippen LogP contribution in [0.1, 0.15) is 53.4 Å². The zero-order valence-electron chi connectivity index (χ0n) is 14.5. The number of Topliss-reactive ketones (excluding diaryl/α,β-unsaturated/α-hetero) is 2. The van der Waals surface area contributed by atoms with Gasteiger partial charge in [-0.15, -0.1) is 0 Å². The van der Waals surface area contributed by atoms with E-state index in [1.165, 1.54) is 0 Å². The first kappa shape index (κ1) is 18.1. The summed E-state index contributed by atoms with van der Waals surface area (Å²) in [5, 5.41) is 21.3. The maximum atomic E-state index is 12.8. The highest BCUT2D eigenvalue weighted by Crippen LogP contribution is 2.43. The van der Waals surface area contributed by atoms with E-state index in [-0.39, 0.29) is 23.9 Å². The van der Waals surface area contributed by atoms with Crippen LogP contribution in [0.25, 0.3) is 0 Å². The number of allylic oxidation sites excluding steroid dienone is 2. The lowest BCUT2D eigenvalue weighted by Gasteiger charge is -2.29. The minimum Gasteiger partial charge on any atom is -0.392 e. The van der Waals surface area contributed by atoms with Crippen LogP contribution >= 0.6 is 0 Å². The molecule has 2 rings (SSSR count). The third-order valence-corrected chi connectivity index (χ3v) is 5.44. The minimum absolute atomic E-state index is 0.144. The summed E-state index contributed by atoms with van der Waals surface area (Å²) in [6, 6.07) is 0. The fraction of sp³-hybridized carbons (Fsp3) is 0.684. The Morgan fingerprint density at radius 2 is 1.91 bits per heavy atom. The molecule has 23 heavy (non-hydrogen) atoms. The summed E-state index contributed by atoms with van der Waals surface area (Å²) >= 11 is 0. The predicted molar refractivity (Wildman–Crippen MR) is 88.8 cm³/mol. The van der Waals surface area contributed by atoms with E-state index in [0.717, 1.165) is 0 Å². The zero-order chi connectivity index (χ0) is 17.4. The van der Waals surface area contributed by atoms with Crippen molar-refractivity contribution in [2.75, 3.05) is 0 Å². The van der Waals surface area contributed by atoms with Gasteiger partial charge in [0.25, 0.3) is 0 Å². The molecule has 0 aromatic rings. The van der Waals surface area contributed by atoms with Crippen LogP contribution in [0.4, 0.5) is 0 Å². The van der Waals surface area contributed by atoms with Gasteiger partial charge in [0, 0.05) is 17.8 Å². The number of fused-ring (bicyclic) bond motifs is 1. The van der Waals surface area contributed by atoms with Crippen LogP contribution in [0, 0.1) is 17.3 Å². The zero-order valence-corrected chi connectivity index (χ0v) is 14.5. The van der Waals surface area contributed by atoms with Crippen LogP contribution in [0.15, 0.2) is 23.8 Å². The predicted octanol–water partition coefficient (Wildman–Crippen LogP) is 2.59. The molecular formula is C19H28O4. The van der Waals surface area contributed by atoms with Gasteiger partial charge >= 0.3 is 0 Å². The van der Waals surface area contributed by atoms with Crippen LogP contribution in [-0.4, -0.2) is 33.5 Å². The summed E-state index contributed by atoms with van der Waals surface area (Å²) in [4.78, 5) is 25.1. The largest absolute Gasteiger partial charge is 0.392 e. The molecule has 4 nitrogen and oxygen atoms in total. The van der Waals surface area contributed by atoms with Gasteiger partial charge in [-0.25, -0.2) is 0 Å². The monoisotopic (exact) mass is 320 g/mol. The van der Waals surface area contributed by atoms with Crippen LogP contribution in [0.2, 0.25) is 0 Å². The van der Waals surface area contributed by atoms with Gasteiger partial charge in [-0.3, -0.25) is 9.59 Å². The fourth-order valence-corrected chi connectivity index (χ4v) is 3.65. The molecule has 2 aliphatic rings. The molecule has 0 saturated heterocycles. The smallest absolute Gasteiger partial charge is 0.190 e. The Balaban J connectivity index is 2.42. The average molecular weight is 320 g/mol. The van der Waals surface area contributed by atoms with E-state index in [9.17, 15) is 19.8 Å². The van der Waals surface area contributed by atoms with Crippen LogP contribution in [0.3, 0.4) is 0 Å². The Bertz CT molecular complexity index is 558. The summed E-state index contributed by atoms with van der Waals surface area (Å²) in [7, 11) is 0. The lowest BCUT2D eigenvalue weighted by molar-refractivity contribution is -0.136. The van der Waals surface area contributed by atoms with Gasteiger partial charge in [0.05, 0.1) is 6.10 Å². The van der Waals surface area contributed by atoms with Gasteiger partial charge in [0.15, 0.2) is 5.78 Å². The number of aliphatic hydroxyl groups is 2. The van der Waals surface area contributed by atoms with Gasteiger partial charge in [-0.1, -0.05) is 39.0 Å². The van der Waals surface area contributed by atoms with Crippen molar-refractivity contribution in [2.45, 2.75) is 65.1 Å². The summed E-state index contributed by atoms with van der Waals surface area (Å²) in [6.07, 6.45) is 6.29. The Hall–Kier alpha value is -1.26. The summed E-state index contributed by atoms with van der Waals surface area (Å²) in [5.41, 5.74) is -1.60. The van der Waals surface area contributed by atoms with Crippen molar-refractivity contribution in [3.63, 3.8) is 0 Å². The minimum atomic E-state index is -1.55. The second-order valence-corrected chi connectivity index (χ2v) is 7.82. The summed E-state index contributed by atoms with van der Waals surface area (Å²) < 4.78 is 0. The summed E-state index contributed by atoms with van der Waals surface area (Å²) in [6.45, 7) is 7.30. The first-order chi connectivity index (χ1) is 10.6. The molecule has 0 unspecified atom stereocenters. The number of ketones is 2. The van der Waals surface area contributed by atoms with Crippen LogP contribution in [-0.2, 0) is 9.59 Å². The quantitative estimate of drug-likeness (QED) is 0.673. The maximum absolute atomic E-state index is 12.8. The van der Waals surface area contributed by atoms with E-state index in [1.807, 2.05) is 26.8 Å². The third-order valence-electron chi connectivity index (χ3n) is 5.44. The fourth-order valence-electron chi connectivity index (χ4n) is 3.65. The van der Waals surface area contributed by atoms with Gasteiger partial charge in [0.1, 0.15) is 11.4 Å². The van der Waals surface area contributed by atoms with E-state index in [2.05, 4.69) is 0 Å². The average Bonchev–Trinajstić information content (AvgIpc) is 2.70. The maximum Gasteiger partial charge on any atom is 0.190 e. The molecule has 0 aromatic heterocycles. The van der Waals surface area contributed by atoms with Crippen molar-refractivity contribution in [1.29, 1.82) is 0 Å². The highest BCUT2D eigenvalue weighted by Gasteiger charge is 2.54. The standard InChI is InChI=1S/C19H28O4/c1-12-9-10-18(3,4)15(20)8-6-5-7-14-16(21)13(2)11-19(14,23)17(12)22/h5,7,9,13-14,16,21,23H,6,8,10-11H2,1-4H3/b7-5+,12-9?/t13-,14-,16-,19+/m0/s1. The third kappa shape index (κ3) is 3.33. The van der Waals surface area contributed by atoms with Gasteiger partial charge < -0.3 is 10.2 Å². The topological polar surface area (TPSA) is 74.6 Å². The van der Waals surface area contributed by atoms with Crippen molar-refractivity contribution in [1.82, 2.24) is 0 Å². The van der Waals surface area contributed by atoms with Gasteiger partial charge in [-0.2, -0.15) is 0 Å². The molecule has 0 heterocycles. The van der Waals surface area contributed by atoms with Crippen molar-refractivity contribution in [3.05, 3.63) is 23.8 Å². The number of aliphatic hydroxyl groups excluding tert-OH is 1. The molecule has 2 aliphatic carbocycles. The molecule has 1 fully saturated rings. The molecule has 0 spiro atoms. The molecule has 2 N–H and O–H groups in total. The van der Waals surface area contributed by atoms with Crippen molar-refractivity contribution in [3.8, 4) is 0 Å². The van der Waals surface area contributed by atoms with Gasteiger partial charge in [0.2, 0.25) is 0 Å². The first-order valence-electron chi connectivity index (χ1n) is 8.41.